The number of benzene rings is 4. The van der Waals surface area contributed by atoms with E-state index in [4.69, 9.17) is 0 Å². The second-order valence-corrected chi connectivity index (χ2v) is 63.7. The molecule has 5 unspecified atom stereocenters. The molecule has 10 rings (SSSR count). The predicted molar refractivity (Wildman–Crippen MR) is 270 cm³/mol. The van der Waals surface area contributed by atoms with Gasteiger partial charge in [0.05, 0.1) is 0 Å². The summed E-state index contributed by atoms with van der Waals surface area (Å²) >= 11 is -5.14. The van der Waals surface area contributed by atoms with Crippen LogP contribution in [-0.2, 0) is 15.6 Å². The molecule has 4 fully saturated rings. The van der Waals surface area contributed by atoms with Gasteiger partial charge in [-0.2, -0.15) is 0 Å². The van der Waals surface area contributed by atoms with Gasteiger partial charge in [-0.15, -0.1) is 0 Å². The zero-order chi connectivity index (χ0) is 43.0. The third kappa shape index (κ3) is 7.28. The number of hydrogen-bond donors (Lipinski definition) is 0. The Morgan fingerprint density at radius 2 is 1.00 bits per heavy atom. The van der Waals surface area contributed by atoms with Gasteiger partial charge >= 0.3 is 388 Å². The van der Waals surface area contributed by atoms with E-state index in [2.05, 4.69) is 138 Å². The summed E-state index contributed by atoms with van der Waals surface area (Å²) < 4.78 is 0.290. The van der Waals surface area contributed by atoms with Crippen LogP contribution >= 0.6 is 17.0 Å². The minimum absolute atomic E-state index is 0.145. The minimum atomic E-state index is -5.14. The second kappa shape index (κ2) is 16.7. The molecule has 327 valence electrons. The molecule has 0 nitrogen and oxygen atoms in total. The number of fused-ring (bicyclic) bond motifs is 6. The van der Waals surface area contributed by atoms with Crippen molar-refractivity contribution in [3.63, 3.8) is 0 Å². The first kappa shape index (κ1) is 43.9. The molecule has 0 spiro atoms. The zero-order valence-corrected chi connectivity index (χ0v) is 44.0. The summed E-state index contributed by atoms with van der Waals surface area (Å²) in [4.78, 5) is 0. The molecular formula is C58H73Cl2SiZr. The number of rotatable bonds is 15. The number of hydrogen-bond acceptors (Lipinski definition) is 0. The van der Waals surface area contributed by atoms with Crippen LogP contribution in [0.15, 0.2) is 96.1 Å². The standard InChI is InChI=1S/2C27H31.C4H11Si.2ClH.Zr/c2*1-3-19(2)22-7-9-23(10-8-22)25-6-4-5-24-15-21(16-26(24)25)18-27-13-11-20(17-27)12-14-27;1-3-4-5-2;;;/h2*4-10,15-16,19-20H,3,11-14,17-18H2,1-2H3;5H,3-4H2,1-2H3;2*1H;/q;;;;;+2/p-2. The maximum atomic E-state index is 9.45. The van der Waals surface area contributed by atoms with E-state index in [9.17, 15) is 17.0 Å². The van der Waals surface area contributed by atoms with E-state index in [1.54, 1.807) is 11.1 Å². The fraction of sp³-hybridized carbons (Fsp3) is 0.517. The van der Waals surface area contributed by atoms with E-state index in [1.165, 1.54) is 139 Å². The molecule has 0 heterocycles. The van der Waals surface area contributed by atoms with Crippen LogP contribution in [-0.4, -0.2) is 5.92 Å². The molecule has 4 aromatic rings. The Hall–Kier alpha value is -1.96. The van der Waals surface area contributed by atoms with Crippen LogP contribution in [0.25, 0.3) is 34.4 Å². The summed E-state index contributed by atoms with van der Waals surface area (Å²) in [6.07, 6.45) is 25.2. The van der Waals surface area contributed by atoms with Gasteiger partial charge in [0.15, 0.2) is 0 Å². The quantitative estimate of drug-likeness (QED) is 0.104. The fourth-order valence-corrected chi connectivity index (χ4v) is 56.1. The summed E-state index contributed by atoms with van der Waals surface area (Å²) in [5.41, 5.74) is 18.1. The Balaban J connectivity index is 1.17. The predicted octanol–water partition coefficient (Wildman–Crippen LogP) is 18.3. The van der Waals surface area contributed by atoms with Crippen molar-refractivity contribution < 1.29 is 15.6 Å². The molecule has 4 bridgehead atoms. The van der Waals surface area contributed by atoms with Crippen LogP contribution in [0.2, 0.25) is 12.6 Å². The summed E-state index contributed by atoms with van der Waals surface area (Å²) in [6, 6.07) is 34.9. The van der Waals surface area contributed by atoms with E-state index in [1.807, 2.05) is 0 Å². The van der Waals surface area contributed by atoms with Crippen LogP contribution in [0.5, 0.6) is 0 Å². The SMILES string of the molecule is CCC[SiH](C)[Zr]([Cl])([Cl])([CH]1C(CC23CCC(CC2)C3)=Cc2c(-c3ccc(C(C)CC)cc3)cccc21)[CH]1C(CC23CCC(CC2)C3)=Cc2c(-c3ccc(C(C)CC)cc3)cccc21. The summed E-state index contributed by atoms with van der Waals surface area (Å²) in [7, 11) is 18.9. The van der Waals surface area contributed by atoms with Gasteiger partial charge in [0.1, 0.15) is 0 Å². The molecule has 0 radical (unpaired) electrons. The monoisotopic (exact) mass is 957 g/mol. The van der Waals surface area contributed by atoms with E-state index in [-0.39, 0.29) is 7.25 Å². The molecule has 4 saturated carbocycles. The molecule has 0 aromatic heterocycles. The Bertz CT molecular complexity index is 2210. The molecule has 62 heavy (non-hydrogen) atoms. The van der Waals surface area contributed by atoms with Crippen molar-refractivity contribution in [3.8, 4) is 22.3 Å². The molecule has 0 N–H and O–H groups in total. The number of allylic oxidation sites excluding steroid dienone is 2. The maximum absolute atomic E-state index is 9.45. The summed E-state index contributed by atoms with van der Waals surface area (Å²) in [6.45, 7) is 14.4. The first-order valence-electron chi connectivity index (χ1n) is 25.3. The summed E-state index contributed by atoms with van der Waals surface area (Å²) in [5, 5.41) is 0. The van der Waals surface area contributed by atoms with Crippen LogP contribution < -0.4 is 0 Å². The van der Waals surface area contributed by atoms with E-state index in [0.717, 1.165) is 31.1 Å². The molecule has 6 aliphatic rings. The molecule has 0 aliphatic heterocycles. The van der Waals surface area contributed by atoms with Gasteiger partial charge in [0, 0.05) is 0 Å². The normalized spacial score (nSPS) is 29.2. The topological polar surface area (TPSA) is 0 Å². The third-order valence-corrected chi connectivity index (χ3v) is 69.3. The van der Waals surface area contributed by atoms with Crippen LogP contribution in [0.3, 0.4) is 0 Å². The van der Waals surface area contributed by atoms with Crippen molar-refractivity contribution in [2.75, 3.05) is 0 Å². The molecule has 5 atom stereocenters. The summed E-state index contributed by atoms with van der Waals surface area (Å²) in [5.74, 6) is 1.20. The second-order valence-electron chi connectivity index (χ2n) is 22.3. The van der Waals surface area contributed by atoms with Crippen LogP contribution in [0.4, 0.5) is 0 Å². The Morgan fingerprint density at radius 3 is 1.34 bits per heavy atom. The molecule has 6 aliphatic carbocycles. The van der Waals surface area contributed by atoms with Gasteiger partial charge < -0.3 is 0 Å². The molecular weight excluding hydrogens is 887 g/mol. The fourth-order valence-electron chi connectivity index (χ4n) is 14.9. The van der Waals surface area contributed by atoms with E-state index in [0.29, 0.717) is 22.7 Å². The van der Waals surface area contributed by atoms with Crippen molar-refractivity contribution in [2.24, 2.45) is 22.7 Å². The Labute approximate surface area is 384 Å². The Kier molecular flexibility index (Phi) is 11.8. The first-order chi connectivity index (χ1) is 29.9. The van der Waals surface area contributed by atoms with Crippen molar-refractivity contribution >= 4 is 35.1 Å². The van der Waals surface area contributed by atoms with Gasteiger partial charge in [-0.25, -0.2) is 0 Å². The van der Waals surface area contributed by atoms with E-state index >= 15 is 0 Å². The zero-order valence-electron chi connectivity index (χ0n) is 38.8. The van der Waals surface area contributed by atoms with Gasteiger partial charge in [0.2, 0.25) is 0 Å². The van der Waals surface area contributed by atoms with Crippen LogP contribution in [0, 0.1) is 22.7 Å². The Morgan fingerprint density at radius 1 is 0.597 bits per heavy atom. The molecule has 4 heteroatoms. The molecule has 4 aromatic carbocycles. The van der Waals surface area contributed by atoms with Crippen molar-refractivity contribution in [1.29, 1.82) is 0 Å². The van der Waals surface area contributed by atoms with Gasteiger partial charge in [0.25, 0.3) is 0 Å². The van der Waals surface area contributed by atoms with Crippen molar-refractivity contribution in [1.82, 2.24) is 0 Å². The first-order valence-corrected chi connectivity index (χ1v) is 41.3. The third-order valence-electron chi connectivity index (χ3n) is 18.8. The van der Waals surface area contributed by atoms with Crippen molar-refractivity contribution in [3.05, 3.63) is 129 Å². The van der Waals surface area contributed by atoms with E-state index < -0.39 is 21.5 Å². The van der Waals surface area contributed by atoms with Crippen LogP contribution in [0.1, 0.15) is 183 Å². The molecule has 0 saturated heterocycles. The van der Waals surface area contributed by atoms with Gasteiger partial charge in [-0.05, 0) is 0 Å². The average molecular weight is 960 g/mol. The van der Waals surface area contributed by atoms with Gasteiger partial charge in [-0.3, -0.25) is 0 Å². The molecule has 0 amide bonds. The van der Waals surface area contributed by atoms with Crippen molar-refractivity contribution in [2.45, 2.75) is 163 Å². The average Bonchev–Trinajstić information content (AvgIpc) is 4.16. The number of halogens is 2. The van der Waals surface area contributed by atoms with Gasteiger partial charge in [-0.1, -0.05) is 0 Å².